The van der Waals surface area contributed by atoms with Gasteiger partial charge in [0.15, 0.2) is 0 Å². The molecule has 0 saturated carbocycles. The molecule has 1 aromatic rings. The second-order valence-electron chi connectivity index (χ2n) is 3.59. The lowest BCUT2D eigenvalue weighted by molar-refractivity contribution is -0.143. The first-order chi connectivity index (χ1) is 7.53. The van der Waals surface area contributed by atoms with Gasteiger partial charge in [-0.25, -0.2) is 0 Å². The fourth-order valence-electron chi connectivity index (χ4n) is 1.38. The summed E-state index contributed by atoms with van der Waals surface area (Å²) in [5.41, 5.74) is 2.25. The van der Waals surface area contributed by atoms with Crippen molar-refractivity contribution in [3.05, 3.63) is 34.9 Å². The van der Waals surface area contributed by atoms with E-state index in [9.17, 15) is 26.3 Å². The Bertz CT molecular complexity index is 404. The minimum Gasteiger partial charge on any atom is -0.324 e. The van der Waals surface area contributed by atoms with Gasteiger partial charge in [0.1, 0.15) is 0 Å². The first-order valence-electron chi connectivity index (χ1n) is 4.57. The summed E-state index contributed by atoms with van der Waals surface area (Å²) >= 11 is 0. The van der Waals surface area contributed by atoms with Crippen molar-refractivity contribution in [1.82, 2.24) is 0 Å². The monoisotopic (exact) mass is 257 g/mol. The van der Waals surface area contributed by atoms with Crippen LogP contribution in [0.5, 0.6) is 0 Å². The van der Waals surface area contributed by atoms with Crippen LogP contribution in [0.25, 0.3) is 0 Å². The highest BCUT2D eigenvalue weighted by Gasteiger charge is 2.38. The average Bonchev–Trinajstić information content (AvgIpc) is 2.14. The van der Waals surface area contributed by atoms with Crippen molar-refractivity contribution in [2.45, 2.75) is 25.3 Å². The fraction of sp³-hybridized carbons (Fsp3) is 0.400. The summed E-state index contributed by atoms with van der Waals surface area (Å²) in [6.45, 7) is 1.28. The van der Waals surface area contributed by atoms with Crippen molar-refractivity contribution in [3.8, 4) is 0 Å². The van der Waals surface area contributed by atoms with Gasteiger partial charge in [0.25, 0.3) is 0 Å². The summed E-state index contributed by atoms with van der Waals surface area (Å²) in [6.07, 6.45) is -9.67. The Labute approximate surface area is 93.2 Å². The Balaban J connectivity index is 3.41. The zero-order chi connectivity index (χ0) is 13.4. The molecule has 0 spiro atoms. The van der Waals surface area contributed by atoms with Gasteiger partial charge in [0.2, 0.25) is 0 Å². The molecule has 1 aromatic carbocycles. The summed E-state index contributed by atoms with van der Waals surface area (Å²) in [5.74, 6) is 0. The van der Waals surface area contributed by atoms with Gasteiger partial charge in [0, 0.05) is 6.04 Å². The summed E-state index contributed by atoms with van der Waals surface area (Å²) < 4.78 is 74.5. The highest BCUT2D eigenvalue weighted by Crippen LogP contribution is 2.38. The van der Waals surface area contributed by atoms with E-state index in [0.29, 0.717) is 6.07 Å². The first kappa shape index (κ1) is 13.8. The van der Waals surface area contributed by atoms with E-state index in [4.69, 9.17) is 5.73 Å². The molecule has 0 aromatic heterocycles. The Morgan fingerprint density at radius 3 is 1.88 bits per heavy atom. The van der Waals surface area contributed by atoms with Gasteiger partial charge in [-0.15, -0.1) is 0 Å². The van der Waals surface area contributed by atoms with E-state index in [1.807, 2.05) is 0 Å². The molecule has 0 amide bonds. The highest BCUT2D eigenvalue weighted by molar-refractivity contribution is 5.37. The second kappa shape index (κ2) is 4.21. The summed E-state index contributed by atoms with van der Waals surface area (Å²) in [5, 5.41) is 0. The largest absolute Gasteiger partial charge is 0.416 e. The molecule has 1 rings (SSSR count). The van der Waals surface area contributed by atoms with Gasteiger partial charge < -0.3 is 5.73 Å². The van der Waals surface area contributed by atoms with Gasteiger partial charge in [-0.1, -0.05) is 6.07 Å². The molecule has 0 saturated heterocycles. The molecule has 0 aliphatic rings. The van der Waals surface area contributed by atoms with Crippen LogP contribution in [0.15, 0.2) is 18.2 Å². The van der Waals surface area contributed by atoms with Crippen molar-refractivity contribution in [1.29, 1.82) is 0 Å². The van der Waals surface area contributed by atoms with Crippen molar-refractivity contribution >= 4 is 0 Å². The lowest BCUT2D eigenvalue weighted by atomic mass is 9.98. The SMILES string of the molecule is CC(N)c1ccc(C(F)(F)F)cc1C(F)(F)F. The van der Waals surface area contributed by atoms with Gasteiger partial charge in [-0.3, -0.25) is 0 Å². The van der Waals surface area contributed by atoms with Crippen molar-refractivity contribution < 1.29 is 26.3 Å². The molecule has 0 aliphatic heterocycles. The number of halogens is 6. The van der Waals surface area contributed by atoms with Crippen LogP contribution in [0, 0.1) is 0 Å². The molecule has 7 heteroatoms. The van der Waals surface area contributed by atoms with E-state index in [2.05, 4.69) is 0 Å². The Morgan fingerprint density at radius 2 is 1.53 bits per heavy atom. The molecule has 17 heavy (non-hydrogen) atoms. The van der Waals surface area contributed by atoms with Crippen LogP contribution >= 0.6 is 0 Å². The number of benzene rings is 1. The first-order valence-corrected chi connectivity index (χ1v) is 4.57. The molecule has 2 N–H and O–H groups in total. The third-order valence-electron chi connectivity index (χ3n) is 2.18. The molecule has 1 nitrogen and oxygen atoms in total. The van der Waals surface area contributed by atoms with Crippen LogP contribution in [0.3, 0.4) is 0 Å². The van der Waals surface area contributed by atoms with Crippen LogP contribution in [0.4, 0.5) is 26.3 Å². The molecule has 96 valence electrons. The number of hydrogen-bond donors (Lipinski definition) is 1. The third kappa shape index (κ3) is 3.12. The predicted molar refractivity (Wildman–Crippen MR) is 49.0 cm³/mol. The van der Waals surface area contributed by atoms with Crippen molar-refractivity contribution in [2.75, 3.05) is 0 Å². The second-order valence-corrected chi connectivity index (χ2v) is 3.59. The molecule has 0 heterocycles. The predicted octanol–water partition coefficient (Wildman–Crippen LogP) is 3.74. The number of alkyl halides is 6. The van der Waals surface area contributed by atoms with E-state index in [1.54, 1.807) is 0 Å². The Morgan fingerprint density at radius 1 is 1.00 bits per heavy atom. The highest BCUT2D eigenvalue weighted by atomic mass is 19.4. The van der Waals surface area contributed by atoms with Gasteiger partial charge in [0.05, 0.1) is 11.1 Å². The molecule has 0 bridgehead atoms. The van der Waals surface area contributed by atoms with E-state index in [0.717, 1.165) is 6.07 Å². The standard InChI is InChI=1S/C10H9F6N/c1-5(17)7-3-2-6(9(11,12)13)4-8(7)10(14,15)16/h2-5H,17H2,1H3. The molecule has 0 aliphatic carbocycles. The quantitative estimate of drug-likeness (QED) is 0.762. The smallest absolute Gasteiger partial charge is 0.324 e. The molecular weight excluding hydrogens is 248 g/mol. The maximum atomic E-state index is 12.6. The van der Waals surface area contributed by atoms with Crippen LogP contribution in [0.1, 0.15) is 29.7 Å². The Hall–Kier alpha value is -1.24. The average molecular weight is 257 g/mol. The topological polar surface area (TPSA) is 26.0 Å². The zero-order valence-corrected chi connectivity index (χ0v) is 8.65. The van der Waals surface area contributed by atoms with Gasteiger partial charge in [-0.05, 0) is 24.6 Å². The minimum atomic E-state index is -4.86. The summed E-state index contributed by atoms with van der Waals surface area (Å²) in [4.78, 5) is 0. The third-order valence-corrected chi connectivity index (χ3v) is 2.18. The van der Waals surface area contributed by atoms with Crippen molar-refractivity contribution in [3.63, 3.8) is 0 Å². The van der Waals surface area contributed by atoms with Gasteiger partial charge in [-0.2, -0.15) is 26.3 Å². The van der Waals surface area contributed by atoms with Gasteiger partial charge >= 0.3 is 12.4 Å². The molecule has 1 unspecified atom stereocenters. The lowest BCUT2D eigenvalue weighted by Crippen LogP contribution is -2.17. The van der Waals surface area contributed by atoms with Crippen LogP contribution < -0.4 is 5.73 Å². The number of nitrogens with two attached hydrogens (primary N) is 1. The van der Waals surface area contributed by atoms with E-state index < -0.39 is 29.5 Å². The maximum Gasteiger partial charge on any atom is 0.416 e. The maximum absolute atomic E-state index is 12.6. The zero-order valence-electron chi connectivity index (χ0n) is 8.65. The summed E-state index contributed by atoms with van der Waals surface area (Å²) in [6, 6.07) is 0.442. The summed E-state index contributed by atoms with van der Waals surface area (Å²) in [7, 11) is 0. The lowest BCUT2D eigenvalue weighted by Gasteiger charge is -2.17. The molecule has 1 atom stereocenters. The molecule has 0 fully saturated rings. The Kier molecular flexibility index (Phi) is 3.42. The van der Waals surface area contributed by atoms with Crippen LogP contribution in [-0.4, -0.2) is 0 Å². The van der Waals surface area contributed by atoms with E-state index in [1.165, 1.54) is 6.92 Å². The number of hydrogen-bond acceptors (Lipinski definition) is 1. The fourth-order valence-corrected chi connectivity index (χ4v) is 1.38. The van der Waals surface area contributed by atoms with E-state index >= 15 is 0 Å². The van der Waals surface area contributed by atoms with Crippen LogP contribution in [0.2, 0.25) is 0 Å². The minimum absolute atomic E-state index is 0.0820. The van der Waals surface area contributed by atoms with Crippen LogP contribution in [-0.2, 0) is 12.4 Å². The van der Waals surface area contributed by atoms with Crippen molar-refractivity contribution in [2.24, 2.45) is 5.73 Å². The molecule has 0 radical (unpaired) electrons. The van der Waals surface area contributed by atoms with E-state index in [-0.39, 0.29) is 11.6 Å². The molecular formula is C10H9F6N. The normalized spacial score (nSPS) is 14.8. The number of rotatable bonds is 1.